The van der Waals surface area contributed by atoms with Crippen molar-refractivity contribution in [2.75, 3.05) is 18.5 Å². The van der Waals surface area contributed by atoms with Crippen LogP contribution in [0.3, 0.4) is 0 Å². The molecule has 3 unspecified atom stereocenters. The highest BCUT2D eigenvalue weighted by atomic mass is 35.5. The number of anilines is 1. The third kappa shape index (κ3) is 3.54. The molecule has 3 amide bonds. The topological polar surface area (TPSA) is 108 Å². The number of amides is 3. The van der Waals surface area contributed by atoms with Gasteiger partial charge in [-0.2, -0.15) is 0 Å². The first kappa shape index (κ1) is 24.0. The standard InChI is InChI=1S/C24H32ClN3O5/c1-5-10-26-20(30)17-18-22(32)28(14(3)12-29)19(24(18)11-13(2)23(17,4)33-24)21(31)27-16-8-6-15(25)7-9-16/h6-9,13-14,17-19,29H,5,10-12H2,1-4H3,(H,26,30)(H,27,31)/t13?,14-,17+,18+,19?,23-,24?/m1/s1. The SMILES string of the molecule is CCCNC(=O)[C@@H]1[C@H]2C(=O)N([C@H](C)CO)C(C(=O)Nc3ccc(Cl)cc3)C23CC(C)[C@@]1(C)O3. The van der Waals surface area contributed by atoms with Gasteiger partial charge in [0, 0.05) is 17.3 Å². The van der Waals surface area contributed by atoms with E-state index in [1.54, 1.807) is 31.2 Å². The van der Waals surface area contributed by atoms with Crippen LogP contribution in [0.5, 0.6) is 0 Å². The van der Waals surface area contributed by atoms with E-state index in [0.29, 0.717) is 23.7 Å². The van der Waals surface area contributed by atoms with Crippen LogP contribution in [0.4, 0.5) is 5.69 Å². The summed E-state index contributed by atoms with van der Waals surface area (Å²) >= 11 is 5.96. The zero-order valence-electron chi connectivity index (χ0n) is 19.4. The van der Waals surface area contributed by atoms with E-state index in [1.807, 2.05) is 20.8 Å². The molecule has 0 radical (unpaired) electrons. The van der Waals surface area contributed by atoms with Gasteiger partial charge in [-0.05, 0) is 56.9 Å². The van der Waals surface area contributed by atoms with Crippen LogP contribution in [0, 0.1) is 17.8 Å². The van der Waals surface area contributed by atoms with Crippen molar-refractivity contribution in [3.05, 3.63) is 29.3 Å². The Morgan fingerprint density at radius 1 is 1.30 bits per heavy atom. The van der Waals surface area contributed by atoms with E-state index in [-0.39, 0.29) is 24.3 Å². The molecule has 0 saturated carbocycles. The van der Waals surface area contributed by atoms with Gasteiger partial charge in [-0.25, -0.2) is 0 Å². The number of halogens is 1. The second-order valence-corrected chi connectivity index (χ2v) is 10.2. The van der Waals surface area contributed by atoms with Gasteiger partial charge in [0.1, 0.15) is 11.6 Å². The summed E-state index contributed by atoms with van der Waals surface area (Å²) in [6, 6.07) is 5.13. The number of nitrogens with one attached hydrogen (secondary N) is 2. The van der Waals surface area contributed by atoms with Crippen LogP contribution in [0.2, 0.25) is 5.02 Å². The maximum absolute atomic E-state index is 13.8. The predicted molar refractivity (Wildman–Crippen MR) is 124 cm³/mol. The van der Waals surface area contributed by atoms with Crippen molar-refractivity contribution < 1.29 is 24.2 Å². The Labute approximate surface area is 199 Å². The molecule has 0 aromatic heterocycles. The Balaban J connectivity index is 1.75. The molecule has 3 saturated heterocycles. The average Bonchev–Trinajstić information content (AvgIpc) is 3.30. The number of likely N-dealkylation sites (tertiary alicyclic amines) is 1. The van der Waals surface area contributed by atoms with E-state index in [0.717, 1.165) is 6.42 Å². The highest BCUT2D eigenvalue weighted by Crippen LogP contribution is 2.65. The van der Waals surface area contributed by atoms with E-state index in [9.17, 15) is 19.5 Å². The lowest BCUT2D eigenvalue weighted by Gasteiger charge is -2.36. The Hall–Kier alpha value is -2.16. The Bertz CT molecular complexity index is 956. The Morgan fingerprint density at radius 2 is 1.97 bits per heavy atom. The summed E-state index contributed by atoms with van der Waals surface area (Å²) in [4.78, 5) is 42.1. The summed E-state index contributed by atoms with van der Waals surface area (Å²) in [6.45, 7) is 7.74. The summed E-state index contributed by atoms with van der Waals surface area (Å²) in [7, 11) is 0. The smallest absolute Gasteiger partial charge is 0.250 e. The molecule has 1 aromatic rings. The second kappa shape index (κ2) is 8.56. The number of ether oxygens (including phenoxy) is 1. The number of carbonyl (C=O) groups is 3. The first-order valence-corrected chi connectivity index (χ1v) is 12.0. The Kier molecular flexibility index (Phi) is 6.22. The van der Waals surface area contributed by atoms with Crippen molar-refractivity contribution in [1.82, 2.24) is 10.2 Å². The van der Waals surface area contributed by atoms with Crippen molar-refractivity contribution in [1.29, 1.82) is 0 Å². The number of aliphatic hydroxyl groups excluding tert-OH is 1. The molecule has 1 aromatic carbocycles. The highest BCUT2D eigenvalue weighted by molar-refractivity contribution is 6.30. The van der Waals surface area contributed by atoms with Gasteiger partial charge in [0.2, 0.25) is 17.7 Å². The van der Waals surface area contributed by atoms with Crippen LogP contribution >= 0.6 is 11.6 Å². The zero-order chi connectivity index (χ0) is 24.1. The van der Waals surface area contributed by atoms with Crippen molar-refractivity contribution >= 4 is 35.0 Å². The molecule has 2 bridgehead atoms. The average molecular weight is 478 g/mol. The molecular weight excluding hydrogens is 446 g/mol. The van der Waals surface area contributed by atoms with Crippen LogP contribution in [-0.4, -0.2) is 64.2 Å². The zero-order valence-corrected chi connectivity index (χ0v) is 20.2. The molecule has 3 fully saturated rings. The van der Waals surface area contributed by atoms with Crippen LogP contribution < -0.4 is 10.6 Å². The molecule has 3 aliphatic rings. The molecule has 4 rings (SSSR count). The molecule has 3 heterocycles. The third-order valence-electron chi connectivity index (χ3n) is 7.68. The number of benzene rings is 1. The van der Waals surface area contributed by atoms with Crippen LogP contribution in [0.15, 0.2) is 24.3 Å². The van der Waals surface area contributed by atoms with Gasteiger partial charge in [-0.3, -0.25) is 14.4 Å². The maximum Gasteiger partial charge on any atom is 0.250 e. The number of hydrogen-bond acceptors (Lipinski definition) is 5. The number of nitrogens with zero attached hydrogens (tertiary/aromatic N) is 1. The third-order valence-corrected chi connectivity index (χ3v) is 7.94. The summed E-state index contributed by atoms with van der Waals surface area (Å²) in [6.07, 6.45) is 1.25. The lowest BCUT2D eigenvalue weighted by Crippen LogP contribution is -2.56. The minimum atomic E-state index is -1.14. The Morgan fingerprint density at radius 3 is 2.58 bits per heavy atom. The van der Waals surface area contributed by atoms with E-state index in [1.165, 1.54) is 4.90 Å². The molecule has 1 spiro atoms. The van der Waals surface area contributed by atoms with Crippen LogP contribution in [0.1, 0.15) is 40.5 Å². The van der Waals surface area contributed by atoms with E-state index < -0.39 is 41.0 Å². The monoisotopic (exact) mass is 477 g/mol. The molecule has 7 atom stereocenters. The normalized spacial score (nSPS) is 35.5. The van der Waals surface area contributed by atoms with Crippen LogP contribution in [-0.2, 0) is 19.1 Å². The van der Waals surface area contributed by atoms with E-state index in [2.05, 4.69) is 10.6 Å². The molecule has 3 aliphatic heterocycles. The molecule has 33 heavy (non-hydrogen) atoms. The molecule has 9 heteroatoms. The van der Waals surface area contributed by atoms with Crippen molar-refractivity contribution in [3.8, 4) is 0 Å². The van der Waals surface area contributed by atoms with Gasteiger partial charge < -0.3 is 25.4 Å². The lowest BCUT2D eigenvalue weighted by atomic mass is 9.62. The lowest BCUT2D eigenvalue weighted by molar-refractivity contribution is -0.148. The van der Waals surface area contributed by atoms with Gasteiger partial charge in [-0.1, -0.05) is 25.4 Å². The van der Waals surface area contributed by atoms with E-state index in [4.69, 9.17) is 16.3 Å². The molecule has 0 aliphatic carbocycles. The predicted octanol–water partition coefficient (Wildman–Crippen LogP) is 2.20. The van der Waals surface area contributed by atoms with Crippen molar-refractivity contribution in [2.45, 2.75) is 63.8 Å². The van der Waals surface area contributed by atoms with Crippen LogP contribution in [0.25, 0.3) is 0 Å². The fourth-order valence-electron chi connectivity index (χ4n) is 6.04. The fourth-order valence-corrected chi connectivity index (χ4v) is 6.17. The van der Waals surface area contributed by atoms with Crippen molar-refractivity contribution in [2.24, 2.45) is 17.8 Å². The number of aliphatic hydroxyl groups is 1. The molecule has 3 N–H and O–H groups in total. The quantitative estimate of drug-likeness (QED) is 0.558. The summed E-state index contributed by atoms with van der Waals surface area (Å²) in [5, 5.41) is 16.2. The van der Waals surface area contributed by atoms with Gasteiger partial charge in [0.05, 0.1) is 30.1 Å². The first-order chi connectivity index (χ1) is 15.6. The summed E-state index contributed by atoms with van der Waals surface area (Å²) in [5.74, 6) is -2.47. The number of hydrogen-bond donors (Lipinski definition) is 3. The molecule has 8 nitrogen and oxygen atoms in total. The molecular formula is C24H32ClN3O5. The minimum absolute atomic E-state index is 0.0332. The summed E-state index contributed by atoms with van der Waals surface area (Å²) in [5.41, 5.74) is -1.46. The first-order valence-electron chi connectivity index (χ1n) is 11.6. The summed E-state index contributed by atoms with van der Waals surface area (Å²) < 4.78 is 6.60. The van der Waals surface area contributed by atoms with Gasteiger partial charge in [-0.15, -0.1) is 0 Å². The van der Waals surface area contributed by atoms with Gasteiger partial charge in [0.15, 0.2) is 0 Å². The maximum atomic E-state index is 13.8. The van der Waals surface area contributed by atoms with Gasteiger partial charge in [0.25, 0.3) is 0 Å². The number of fused-ring (bicyclic) bond motifs is 1. The highest BCUT2D eigenvalue weighted by Gasteiger charge is 2.80. The number of rotatable bonds is 7. The second-order valence-electron chi connectivity index (χ2n) is 9.77. The number of carbonyl (C=O) groups excluding carboxylic acids is 3. The van der Waals surface area contributed by atoms with Gasteiger partial charge >= 0.3 is 0 Å². The van der Waals surface area contributed by atoms with E-state index >= 15 is 0 Å². The minimum Gasteiger partial charge on any atom is -0.394 e. The van der Waals surface area contributed by atoms with Crippen molar-refractivity contribution in [3.63, 3.8) is 0 Å². The fraction of sp³-hybridized carbons (Fsp3) is 0.625. The largest absolute Gasteiger partial charge is 0.394 e. The molecule has 180 valence electrons.